The fourth-order valence-corrected chi connectivity index (χ4v) is 2.38. The molecule has 1 heterocycles. The average molecular weight is 276 g/mol. The van der Waals surface area contributed by atoms with Crippen LogP contribution >= 0.6 is 0 Å². The monoisotopic (exact) mass is 276 g/mol. The lowest BCUT2D eigenvalue weighted by Crippen LogP contribution is -2.28. The Bertz CT molecular complexity index is 411. The van der Waals surface area contributed by atoms with E-state index in [4.69, 9.17) is 4.74 Å². The second-order valence-electron chi connectivity index (χ2n) is 5.41. The Labute approximate surface area is 120 Å². The summed E-state index contributed by atoms with van der Waals surface area (Å²) < 4.78 is 5.56. The fourth-order valence-electron chi connectivity index (χ4n) is 2.38. The number of carbonyl (C=O) groups is 1. The number of nitrogens with one attached hydrogen (secondary N) is 2. The number of ether oxygens (including phenoxy) is 1. The summed E-state index contributed by atoms with van der Waals surface area (Å²) in [5, 5.41) is 6.22. The molecule has 2 N–H and O–H groups in total. The van der Waals surface area contributed by atoms with Gasteiger partial charge in [0.1, 0.15) is 12.4 Å². The summed E-state index contributed by atoms with van der Waals surface area (Å²) in [5.41, 5.74) is 1.21. The van der Waals surface area contributed by atoms with Crippen molar-refractivity contribution in [3.05, 3.63) is 29.8 Å². The van der Waals surface area contributed by atoms with Crippen LogP contribution in [0.1, 0.15) is 24.8 Å². The smallest absolute Gasteiger partial charge is 0.220 e. The van der Waals surface area contributed by atoms with Gasteiger partial charge in [-0.3, -0.25) is 4.79 Å². The number of aryl methyl sites for hydroxylation is 1. The van der Waals surface area contributed by atoms with Gasteiger partial charge in [0.2, 0.25) is 5.91 Å². The first-order chi connectivity index (χ1) is 9.74. The predicted molar refractivity (Wildman–Crippen MR) is 79.9 cm³/mol. The molecule has 0 spiro atoms. The maximum atomic E-state index is 11.7. The van der Waals surface area contributed by atoms with E-state index in [1.807, 2.05) is 31.2 Å². The maximum Gasteiger partial charge on any atom is 0.220 e. The topological polar surface area (TPSA) is 50.4 Å². The van der Waals surface area contributed by atoms with Gasteiger partial charge in [-0.2, -0.15) is 0 Å². The lowest BCUT2D eigenvalue weighted by molar-refractivity contribution is -0.121. The van der Waals surface area contributed by atoms with Crippen LogP contribution in [0.3, 0.4) is 0 Å². The van der Waals surface area contributed by atoms with Crippen molar-refractivity contribution in [2.24, 2.45) is 5.92 Å². The molecule has 1 aliphatic rings. The van der Waals surface area contributed by atoms with Crippen LogP contribution in [0, 0.1) is 12.8 Å². The molecule has 0 bridgehead atoms. The fraction of sp³-hybridized carbons (Fsp3) is 0.562. The summed E-state index contributed by atoms with van der Waals surface area (Å²) in [6.07, 6.45) is 2.80. The van der Waals surface area contributed by atoms with Crippen LogP contribution in [0.2, 0.25) is 0 Å². The molecular formula is C16H24N2O2. The van der Waals surface area contributed by atoms with Gasteiger partial charge in [-0.1, -0.05) is 17.7 Å². The molecular weight excluding hydrogens is 252 g/mol. The minimum Gasteiger partial charge on any atom is -0.492 e. The van der Waals surface area contributed by atoms with Crippen molar-refractivity contribution in [2.45, 2.75) is 26.2 Å². The predicted octanol–water partition coefficient (Wildman–Crippen LogP) is 1.88. The van der Waals surface area contributed by atoms with Crippen LogP contribution in [-0.4, -0.2) is 32.1 Å². The Morgan fingerprint density at radius 2 is 2.20 bits per heavy atom. The van der Waals surface area contributed by atoms with E-state index in [1.165, 1.54) is 12.0 Å². The molecule has 1 aliphatic heterocycles. The zero-order chi connectivity index (χ0) is 14.2. The molecule has 0 aliphatic carbocycles. The third-order valence-corrected chi connectivity index (χ3v) is 3.66. The Balaban J connectivity index is 1.53. The maximum absolute atomic E-state index is 11.7. The molecule has 0 saturated carbocycles. The lowest BCUT2D eigenvalue weighted by Gasteiger charge is -2.09. The van der Waals surface area contributed by atoms with Crippen molar-refractivity contribution in [3.63, 3.8) is 0 Å². The van der Waals surface area contributed by atoms with Crippen molar-refractivity contribution in [1.82, 2.24) is 10.6 Å². The first kappa shape index (κ1) is 14.9. The van der Waals surface area contributed by atoms with Gasteiger partial charge < -0.3 is 15.4 Å². The Morgan fingerprint density at radius 1 is 1.40 bits per heavy atom. The highest BCUT2D eigenvalue weighted by molar-refractivity contribution is 5.75. The average Bonchev–Trinajstić information content (AvgIpc) is 2.96. The second-order valence-corrected chi connectivity index (χ2v) is 5.41. The summed E-state index contributed by atoms with van der Waals surface area (Å²) in [6, 6.07) is 7.93. The quantitative estimate of drug-likeness (QED) is 0.748. The molecule has 0 radical (unpaired) electrons. The highest BCUT2D eigenvalue weighted by Crippen LogP contribution is 2.14. The standard InChI is InChI=1S/C16H24N2O2/c1-13-2-5-15(6-3-13)20-11-10-18-16(19)7-4-14-8-9-17-12-14/h2-3,5-6,14,17H,4,7-12H2,1H3,(H,18,19). The highest BCUT2D eigenvalue weighted by atomic mass is 16.5. The van der Waals surface area contributed by atoms with Gasteiger partial charge in [-0.15, -0.1) is 0 Å². The van der Waals surface area contributed by atoms with Gasteiger partial charge in [0.15, 0.2) is 0 Å². The number of hydrogen-bond acceptors (Lipinski definition) is 3. The first-order valence-corrected chi connectivity index (χ1v) is 7.41. The van der Waals surface area contributed by atoms with E-state index in [2.05, 4.69) is 10.6 Å². The molecule has 0 aromatic heterocycles. The molecule has 1 aromatic rings. The van der Waals surface area contributed by atoms with Gasteiger partial charge in [0.05, 0.1) is 6.54 Å². The summed E-state index contributed by atoms with van der Waals surface area (Å²) in [6.45, 7) is 5.28. The van der Waals surface area contributed by atoms with Gasteiger partial charge in [-0.25, -0.2) is 0 Å². The molecule has 1 saturated heterocycles. The molecule has 1 unspecified atom stereocenters. The van der Waals surface area contributed by atoms with Crippen molar-refractivity contribution < 1.29 is 9.53 Å². The Kier molecular flexibility index (Phi) is 5.87. The molecule has 4 heteroatoms. The highest BCUT2D eigenvalue weighted by Gasteiger charge is 2.15. The number of carbonyl (C=O) groups excluding carboxylic acids is 1. The van der Waals surface area contributed by atoms with Crippen LogP contribution in [0.5, 0.6) is 5.75 Å². The molecule has 20 heavy (non-hydrogen) atoms. The molecule has 1 aromatic carbocycles. The summed E-state index contributed by atoms with van der Waals surface area (Å²) in [4.78, 5) is 11.7. The van der Waals surface area contributed by atoms with Crippen molar-refractivity contribution in [2.75, 3.05) is 26.2 Å². The second kappa shape index (κ2) is 7.90. The van der Waals surface area contributed by atoms with Crippen molar-refractivity contribution in [1.29, 1.82) is 0 Å². The van der Waals surface area contributed by atoms with Crippen LogP contribution in [0.4, 0.5) is 0 Å². The van der Waals surface area contributed by atoms with Gasteiger partial charge >= 0.3 is 0 Å². The third kappa shape index (κ3) is 5.21. The number of rotatable bonds is 7. The Morgan fingerprint density at radius 3 is 2.90 bits per heavy atom. The zero-order valence-electron chi connectivity index (χ0n) is 12.2. The SMILES string of the molecule is Cc1ccc(OCCNC(=O)CCC2CCNC2)cc1. The van der Waals surface area contributed by atoms with E-state index in [0.717, 1.165) is 25.3 Å². The summed E-state index contributed by atoms with van der Waals surface area (Å²) >= 11 is 0. The van der Waals surface area contributed by atoms with Crippen LogP contribution < -0.4 is 15.4 Å². The van der Waals surface area contributed by atoms with Crippen LogP contribution in [-0.2, 0) is 4.79 Å². The number of amides is 1. The van der Waals surface area contributed by atoms with Crippen molar-refractivity contribution in [3.8, 4) is 5.75 Å². The first-order valence-electron chi connectivity index (χ1n) is 7.41. The lowest BCUT2D eigenvalue weighted by atomic mass is 10.0. The molecule has 1 fully saturated rings. The Hall–Kier alpha value is -1.55. The van der Waals surface area contributed by atoms with Gasteiger partial charge in [0, 0.05) is 6.42 Å². The van der Waals surface area contributed by atoms with Gasteiger partial charge in [0.25, 0.3) is 0 Å². The number of benzene rings is 1. The summed E-state index contributed by atoms with van der Waals surface area (Å²) in [7, 11) is 0. The van der Waals surface area contributed by atoms with E-state index >= 15 is 0 Å². The van der Waals surface area contributed by atoms with Crippen molar-refractivity contribution >= 4 is 5.91 Å². The normalized spacial score (nSPS) is 17.9. The zero-order valence-corrected chi connectivity index (χ0v) is 12.2. The largest absolute Gasteiger partial charge is 0.492 e. The van der Waals surface area contributed by atoms with Gasteiger partial charge in [-0.05, 0) is 50.9 Å². The molecule has 1 atom stereocenters. The molecule has 4 nitrogen and oxygen atoms in total. The minimum atomic E-state index is 0.129. The molecule has 110 valence electrons. The molecule has 1 amide bonds. The number of hydrogen-bond donors (Lipinski definition) is 2. The summed E-state index contributed by atoms with van der Waals surface area (Å²) in [5.74, 6) is 1.65. The molecule has 2 rings (SSSR count). The van der Waals surface area contributed by atoms with E-state index in [0.29, 0.717) is 25.5 Å². The van der Waals surface area contributed by atoms with Crippen LogP contribution in [0.15, 0.2) is 24.3 Å². The van der Waals surface area contributed by atoms with Crippen LogP contribution in [0.25, 0.3) is 0 Å². The van der Waals surface area contributed by atoms with E-state index in [-0.39, 0.29) is 5.91 Å². The van der Waals surface area contributed by atoms with E-state index in [1.54, 1.807) is 0 Å². The van der Waals surface area contributed by atoms with E-state index < -0.39 is 0 Å². The minimum absolute atomic E-state index is 0.129. The third-order valence-electron chi connectivity index (χ3n) is 3.66. The van der Waals surface area contributed by atoms with E-state index in [9.17, 15) is 4.79 Å².